The summed E-state index contributed by atoms with van der Waals surface area (Å²) in [6.45, 7) is 20.4. The van der Waals surface area contributed by atoms with Crippen LogP contribution in [0.2, 0.25) is 0 Å². The molecule has 1 unspecified atom stereocenters. The van der Waals surface area contributed by atoms with Gasteiger partial charge in [-0.05, 0) is 163 Å². The average Bonchev–Trinajstić information content (AvgIpc) is 0.876. The maximum absolute atomic E-state index is 12.9. The van der Waals surface area contributed by atoms with Crippen LogP contribution in [0.15, 0.2) is 121 Å². The van der Waals surface area contributed by atoms with Crippen molar-refractivity contribution in [1.29, 1.82) is 0 Å². The molecule has 532 valence electrons. The minimum Gasteiger partial charge on any atom is -0.352 e. The molecule has 8 bridgehead atoms. The quantitative estimate of drug-likeness (QED) is 0.0468. The minimum atomic E-state index is -0.208. The number of hydrogen-bond acceptors (Lipinski definition) is 11. The van der Waals surface area contributed by atoms with E-state index in [2.05, 4.69) is 167 Å². The number of fused-ring (bicyclic) bond motifs is 12. The zero-order chi connectivity index (χ0) is 67.4. The van der Waals surface area contributed by atoms with Crippen LogP contribution in [0.1, 0.15) is 138 Å². The fourth-order valence-corrected chi connectivity index (χ4v) is 19.2. The predicted octanol–water partition coefficient (Wildman–Crippen LogP) is 8.77. The number of carbonyl (C=O) groups excluding carboxylic acids is 4. The molecule has 6 N–H and O–H groups in total. The molecule has 0 aromatic heterocycles. The molecule has 0 spiro atoms. The van der Waals surface area contributed by atoms with Gasteiger partial charge in [0.25, 0.3) is 0 Å². The summed E-state index contributed by atoms with van der Waals surface area (Å²) >= 11 is 0. The second-order valence-corrected chi connectivity index (χ2v) is 32.6. The van der Waals surface area contributed by atoms with E-state index in [9.17, 15) is 29.6 Å². The van der Waals surface area contributed by atoms with E-state index in [0.717, 1.165) is 259 Å². The van der Waals surface area contributed by atoms with Crippen molar-refractivity contribution in [3.05, 3.63) is 144 Å². The molecule has 3 saturated carbocycles. The monoisotopic (exact) mass is 1340 g/mol. The van der Waals surface area contributed by atoms with Gasteiger partial charge < -0.3 is 45.8 Å². The maximum atomic E-state index is 12.9. The number of carbonyl (C=O) groups is 4. The molecule has 3 aliphatic carbocycles. The number of amides is 4. The average molecular weight is 1340 g/mol. The van der Waals surface area contributed by atoms with Gasteiger partial charge in [-0.25, -0.2) is 10.4 Å². The largest absolute Gasteiger partial charge is 0.352 e. The fraction of sp³-hybridized carbons (Fsp3) is 0.654. The first kappa shape index (κ1) is 70.8. The highest BCUT2D eigenvalue weighted by atomic mass is 16.5. The summed E-state index contributed by atoms with van der Waals surface area (Å²) in [5.74, 6) is 2.53. The molecule has 98 heavy (non-hydrogen) atoms. The number of nitrogens with zero attached hydrogens (tertiary/aromatic N) is 7. The Kier molecular flexibility index (Phi) is 23.5. The Balaban J connectivity index is 0.000000118. The van der Waals surface area contributed by atoms with Crippen molar-refractivity contribution in [3.63, 3.8) is 0 Å². The van der Waals surface area contributed by atoms with Gasteiger partial charge in [-0.15, -0.1) is 0 Å². The Morgan fingerprint density at radius 1 is 0.367 bits per heavy atom. The van der Waals surface area contributed by atoms with Gasteiger partial charge in [-0.3, -0.25) is 19.2 Å². The van der Waals surface area contributed by atoms with E-state index in [1.54, 1.807) is 0 Å². The van der Waals surface area contributed by atoms with E-state index in [1.807, 2.05) is 0 Å². The van der Waals surface area contributed by atoms with Gasteiger partial charge in [-0.2, -0.15) is 9.29 Å². The minimum absolute atomic E-state index is 0.00543. The second kappa shape index (κ2) is 32.6. The summed E-state index contributed by atoms with van der Waals surface area (Å²) < 4.78 is 0.300. The molecule has 13 saturated heterocycles. The lowest BCUT2D eigenvalue weighted by Gasteiger charge is -2.49. The highest BCUT2D eigenvalue weighted by Gasteiger charge is 2.54. The van der Waals surface area contributed by atoms with Gasteiger partial charge in [0.05, 0.1) is 16.7 Å². The molecule has 13 aliphatic heterocycles. The number of benzene rings is 4. The van der Waals surface area contributed by atoms with Crippen LogP contribution < -0.4 is 21.3 Å². The Morgan fingerprint density at radius 3 is 1.02 bits per heavy atom. The summed E-state index contributed by atoms with van der Waals surface area (Å²) in [5, 5.41) is 34.2. The van der Waals surface area contributed by atoms with Gasteiger partial charge >= 0.3 is 0 Å². The van der Waals surface area contributed by atoms with Crippen LogP contribution in [0.5, 0.6) is 0 Å². The Hall–Kier alpha value is -5.60. The van der Waals surface area contributed by atoms with Gasteiger partial charge in [0.2, 0.25) is 23.6 Å². The predicted molar refractivity (Wildman–Crippen MR) is 385 cm³/mol. The van der Waals surface area contributed by atoms with Crippen molar-refractivity contribution in [2.24, 2.45) is 34.0 Å². The SMILES string of the molecule is O=C(N[C@H]1CCN(CCc2ccccc2)C1)C12CCC(CC1)CC2.O=C(N[C@H]1CCN(CCc2ccccc2)C1)C12CCN(CC1)CC2.O=C(N[C@H]1CCN(CCc2ccccc2)C1)C12CC[N+](O)(CC1)CC2.O=C(N[C@H]1CCN(CCc2ccccc2)C1)C1C[N+]2(O)CCC1CC2. The standard InChI is InChI=1S/C21H30N2O.2C20H29N3O2.C20H29N3O/c24-20(21-11-6-18(7-12-21)8-13-21)22-19-10-15-23(16-19)14-9-17-4-2-1-3-5-17;24-19(20-8-13-23(25,14-9-20)15-10-20)21-18-7-12-22(16-18)11-6-17-4-2-1-3-5-17;24-20(19-15-23(25)12-8-17(19)9-13-23)21-18-7-11-22(14-18)10-6-16-4-2-1-3-5-16;24-19(20-8-13-22(14-9-20)15-10-20)21-18-7-12-23(16-18)11-6-17-4-2-1-3-5-17/h1-5,18-19H,6-16H2,(H,22,24);1-5,18,25H,6-16H2;1-5,17-19,25H,6-15H2;1-5,18H,6-16H2,(H,21,24)/p+2/t18?,19-,21?;18-,20?,23?;17?,18-,19?,23?;18-/m0000/s1. The molecule has 4 amide bonds. The molecule has 0 radical (unpaired) electrons. The number of likely N-dealkylation sites (tertiary alicyclic amines) is 4. The number of piperidine rings is 9. The topological polar surface area (TPSA) is 173 Å². The molecule has 20 rings (SSSR count). The molecule has 4 aromatic carbocycles. The van der Waals surface area contributed by atoms with Crippen molar-refractivity contribution in [2.75, 3.05) is 137 Å². The summed E-state index contributed by atoms with van der Waals surface area (Å²) in [6.07, 6.45) is 23.5. The number of hydrogen-bond donors (Lipinski definition) is 6. The number of hydroxylamine groups is 6. The molecule has 4 aromatic rings. The lowest BCUT2D eigenvalue weighted by atomic mass is 9.60. The zero-order valence-corrected chi connectivity index (χ0v) is 59.2. The van der Waals surface area contributed by atoms with Crippen LogP contribution in [0.3, 0.4) is 0 Å². The van der Waals surface area contributed by atoms with Crippen LogP contribution in [0.25, 0.3) is 0 Å². The zero-order valence-electron chi connectivity index (χ0n) is 59.2. The van der Waals surface area contributed by atoms with Crippen molar-refractivity contribution < 1.29 is 38.9 Å². The smallest absolute Gasteiger partial charge is 0.229 e. The molecule has 13 heterocycles. The van der Waals surface area contributed by atoms with Crippen LogP contribution in [0.4, 0.5) is 0 Å². The van der Waals surface area contributed by atoms with Crippen LogP contribution in [-0.4, -0.2) is 229 Å². The highest BCUT2D eigenvalue weighted by Crippen LogP contribution is 2.51. The normalized spacial score (nSPS) is 33.9. The van der Waals surface area contributed by atoms with Gasteiger partial charge in [0.1, 0.15) is 39.3 Å². The second-order valence-electron chi connectivity index (χ2n) is 32.6. The Morgan fingerprint density at radius 2 is 0.684 bits per heavy atom. The Labute approximate surface area is 585 Å². The van der Waals surface area contributed by atoms with Gasteiger partial charge in [0, 0.05) is 140 Å². The van der Waals surface area contributed by atoms with Crippen molar-refractivity contribution in [2.45, 2.75) is 165 Å². The Bertz CT molecular complexity index is 3040. The van der Waals surface area contributed by atoms with Crippen molar-refractivity contribution in [1.82, 2.24) is 45.8 Å². The molecule has 16 aliphatic rings. The number of quaternary nitrogens is 2. The van der Waals surface area contributed by atoms with E-state index in [0.29, 0.717) is 36.4 Å². The molecule has 16 fully saturated rings. The lowest BCUT2D eigenvalue weighted by Crippen LogP contribution is -2.63. The third-order valence-electron chi connectivity index (χ3n) is 26.2. The maximum Gasteiger partial charge on any atom is 0.229 e. The summed E-state index contributed by atoms with van der Waals surface area (Å²) in [6, 6.07) is 43.8. The number of rotatable bonds is 20. The van der Waals surface area contributed by atoms with E-state index in [4.69, 9.17) is 0 Å². The summed E-state index contributed by atoms with van der Waals surface area (Å²) in [4.78, 5) is 63.8. The fourth-order valence-electron chi connectivity index (χ4n) is 19.2. The third kappa shape index (κ3) is 18.4. The molecular formula is C81H119N11O6+2. The molecule has 5 atom stereocenters. The van der Waals surface area contributed by atoms with Crippen molar-refractivity contribution >= 4 is 23.6 Å². The van der Waals surface area contributed by atoms with Crippen molar-refractivity contribution in [3.8, 4) is 0 Å². The summed E-state index contributed by atoms with van der Waals surface area (Å²) in [7, 11) is 0. The first-order chi connectivity index (χ1) is 47.6. The van der Waals surface area contributed by atoms with E-state index in [1.165, 1.54) is 41.5 Å². The van der Waals surface area contributed by atoms with E-state index >= 15 is 0 Å². The van der Waals surface area contributed by atoms with Crippen LogP contribution in [0, 0.1) is 34.0 Å². The molecule has 17 nitrogen and oxygen atoms in total. The molecule has 17 heteroatoms. The summed E-state index contributed by atoms with van der Waals surface area (Å²) in [5.41, 5.74) is 5.29. The first-order valence-corrected chi connectivity index (χ1v) is 38.8. The van der Waals surface area contributed by atoms with E-state index < -0.39 is 0 Å². The molecular weight excluding hydrogens is 1220 g/mol. The van der Waals surface area contributed by atoms with E-state index in [-0.39, 0.29) is 55.4 Å². The van der Waals surface area contributed by atoms with Crippen LogP contribution in [-0.2, 0) is 44.9 Å². The van der Waals surface area contributed by atoms with Gasteiger partial charge in [-0.1, -0.05) is 121 Å². The third-order valence-corrected chi connectivity index (χ3v) is 26.2. The van der Waals surface area contributed by atoms with Gasteiger partial charge in [0.15, 0.2) is 0 Å². The highest BCUT2D eigenvalue weighted by molar-refractivity contribution is 5.84. The van der Waals surface area contributed by atoms with Crippen LogP contribution >= 0.6 is 0 Å². The lowest BCUT2D eigenvalue weighted by molar-refractivity contribution is -1.11. The first-order valence-electron chi connectivity index (χ1n) is 38.8. The number of nitrogens with one attached hydrogen (secondary N) is 4.